The van der Waals surface area contributed by atoms with Gasteiger partial charge in [-0.15, -0.1) is 11.3 Å². The number of hydrogen-bond donors (Lipinski definition) is 1. The van der Waals surface area contributed by atoms with E-state index in [0.717, 1.165) is 19.0 Å². The first-order valence-corrected chi connectivity index (χ1v) is 8.94. The summed E-state index contributed by atoms with van der Waals surface area (Å²) in [6.45, 7) is 13.8. The molecule has 0 aliphatic carbocycles. The molecular weight excluding hydrogens is 264 g/mol. The van der Waals surface area contributed by atoms with Gasteiger partial charge in [-0.25, -0.2) is 0 Å². The third-order valence-electron chi connectivity index (χ3n) is 4.43. The second kappa shape index (κ2) is 7.58. The molecule has 1 saturated heterocycles. The smallest absolute Gasteiger partial charge is 0.0302 e. The Morgan fingerprint density at radius 3 is 2.65 bits per heavy atom. The lowest BCUT2D eigenvalue weighted by Crippen LogP contribution is -2.33. The molecule has 0 aromatic carbocycles. The summed E-state index contributed by atoms with van der Waals surface area (Å²) in [5.41, 5.74) is 1.55. The van der Waals surface area contributed by atoms with Crippen LogP contribution in [-0.2, 0) is 13.1 Å². The molecule has 2 heterocycles. The van der Waals surface area contributed by atoms with E-state index in [4.69, 9.17) is 0 Å². The van der Waals surface area contributed by atoms with E-state index >= 15 is 0 Å². The third kappa shape index (κ3) is 4.57. The quantitative estimate of drug-likeness (QED) is 0.847. The molecule has 20 heavy (non-hydrogen) atoms. The van der Waals surface area contributed by atoms with E-state index in [2.05, 4.69) is 44.0 Å². The van der Waals surface area contributed by atoms with Gasteiger partial charge in [-0.3, -0.25) is 4.90 Å². The van der Waals surface area contributed by atoms with Crippen LogP contribution in [0.3, 0.4) is 0 Å². The van der Waals surface area contributed by atoms with E-state index in [1.807, 2.05) is 11.3 Å². The molecule has 1 aromatic rings. The van der Waals surface area contributed by atoms with E-state index < -0.39 is 0 Å². The fourth-order valence-corrected chi connectivity index (χ4v) is 3.93. The molecule has 1 fully saturated rings. The van der Waals surface area contributed by atoms with Crippen LogP contribution in [-0.4, -0.2) is 24.0 Å². The highest BCUT2D eigenvalue weighted by atomic mass is 32.1. The molecule has 1 aliphatic rings. The summed E-state index contributed by atoms with van der Waals surface area (Å²) in [5.74, 6) is 0.973. The predicted molar refractivity (Wildman–Crippen MR) is 89.3 cm³/mol. The maximum Gasteiger partial charge on any atom is 0.0302 e. The zero-order valence-corrected chi connectivity index (χ0v) is 14.4. The van der Waals surface area contributed by atoms with Crippen LogP contribution >= 0.6 is 11.3 Å². The van der Waals surface area contributed by atoms with E-state index in [-0.39, 0.29) is 0 Å². The molecule has 0 amide bonds. The fourth-order valence-electron chi connectivity index (χ4n) is 2.93. The Morgan fingerprint density at radius 2 is 2.05 bits per heavy atom. The number of likely N-dealkylation sites (tertiary alicyclic amines) is 1. The van der Waals surface area contributed by atoms with Crippen LogP contribution in [0.2, 0.25) is 0 Å². The van der Waals surface area contributed by atoms with Gasteiger partial charge in [0.25, 0.3) is 0 Å². The van der Waals surface area contributed by atoms with Crippen LogP contribution in [0.5, 0.6) is 0 Å². The number of nitrogens with one attached hydrogen (secondary N) is 1. The van der Waals surface area contributed by atoms with Crippen LogP contribution in [0, 0.1) is 12.8 Å². The van der Waals surface area contributed by atoms with Crippen molar-refractivity contribution in [2.75, 3.05) is 13.1 Å². The number of rotatable bonds is 6. The maximum absolute atomic E-state index is 3.52. The summed E-state index contributed by atoms with van der Waals surface area (Å²) in [6, 6.07) is 2.98. The van der Waals surface area contributed by atoms with Crippen molar-refractivity contribution in [1.82, 2.24) is 10.2 Å². The fraction of sp³-hybridized carbons (Fsp3) is 0.765. The van der Waals surface area contributed by atoms with Crippen molar-refractivity contribution < 1.29 is 0 Å². The van der Waals surface area contributed by atoms with Crippen molar-refractivity contribution in [3.63, 3.8) is 0 Å². The highest BCUT2D eigenvalue weighted by Gasteiger charge is 2.18. The van der Waals surface area contributed by atoms with Crippen molar-refractivity contribution in [3.05, 3.63) is 21.4 Å². The monoisotopic (exact) mass is 294 g/mol. The summed E-state index contributed by atoms with van der Waals surface area (Å²) in [6.07, 6.45) is 4.14. The van der Waals surface area contributed by atoms with Crippen LogP contribution in [0.4, 0.5) is 0 Å². The first-order valence-electron chi connectivity index (χ1n) is 8.12. The summed E-state index contributed by atoms with van der Waals surface area (Å²) in [4.78, 5) is 5.62. The average molecular weight is 295 g/mol. The number of piperidine rings is 1. The number of aryl methyl sites for hydroxylation is 1. The van der Waals surface area contributed by atoms with Crippen LogP contribution in [0.1, 0.15) is 55.4 Å². The molecule has 0 radical (unpaired) electrons. The van der Waals surface area contributed by atoms with Crippen LogP contribution in [0.25, 0.3) is 0 Å². The van der Waals surface area contributed by atoms with Gasteiger partial charge in [-0.2, -0.15) is 0 Å². The lowest BCUT2D eigenvalue weighted by atomic mass is 9.94. The lowest BCUT2D eigenvalue weighted by molar-refractivity contribution is 0.175. The van der Waals surface area contributed by atoms with Crippen molar-refractivity contribution in [3.8, 4) is 0 Å². The summed E-state index contributed by atoms with van der Waals surface area (Å²) >= 11 is 1.96. The Morgan fingerprint density at radius 1 is 1.35 bits per heavy atom. The van der Waals surface area contributed by atoms with Gasteiger partial charge in [0.2, 0.25) is 0 Å². The Bertz CT molecular complexity index is 403. The van der Waals surface area contributed by atoms with Crippen molar-refractivity contribution >= 4 is 11.3 Å². The van der Waals surface area contributed by atoms with Gasteiger partial charge in [0.05, 0.1) is 0 Å². The SMILES string of the molecule is CCC1CCN(Cc2cc(CNC(C)C)sc2C)CC1. The van der Waals surface area contributed by atoms with Crippen molar-refractivity contribution in [2.24, 2.45) is 5.92 Å². The molecule has 1 N–H and O–H groups in total. The van der Waals surface area contributed by atoms with Crippen molar-refractivity contribution in [2.45, 2.75) is 66.1 Å². The normalized spacial score (nSPS) is 18.1. The van der Waals surface area contributed by atoms with Crippen molar-refractivity contribution in [1.29, 1.82) is 0 Å². The maximum atomic E-state index is 3.52. The van der Waals surface area contributed by atoms with Crippen LogP contribution < -0.4 is 5.32 Å². The zero-order chi connectivity index (χ0) is 14.5. The van der Waals surface area contributed by atoms with Gasteiger partial charge in [-0.05, 0) is 50.4 Å². The Labute approximate surface area is 128 Å². The molecule has 0 unspecified atom stereocenters. The van der Waals surface area contributed by atoms with Gasteiger partial charge in [0.1, 0.15) is 0 Å². The minimum Gasteiger partial charge on any atom is -0.310 e. The Balaban J connectivity index is 1.86. The third-order valence-corrected chi connectivity index (χ3v) is 5.53. The molecule has 0 saturated carbocycles. The van der Waals surface area contributed by atoms with Crippen LogP contribution in [0.15, 0.2) is 6.07 Å². The second-order valence-electron chi connectivity index (χ2n) is 6.46. The van der Waals surface area contributed by atoms with Gasteiger partial charge < -0.3 is 5.32 Å². The summed E-state index contributed by atoms with van der Waals surface area (Å²) in [7, 11) is 0. The molecule has 1 aromatic heterocycles. The molecule has 3 heteroatoms. The molecule has 1 aliphatic heterocycles. The molecule has 0 bridgehead atoms. The summed E-state index contributed by atoms with van der Waals surface area (Å²) in [5, 5.41) is 3.52. The number of hydrogen-bond acceptors (Lipinski definition) is 3. The standard InChI is InChI=1S/C17H30N2S/c1-5-15-6-8-19(9-7-15)12-16-10-17(20-14(16)4)11-18-13(2)3/h10,13,15,18H,5-9,11-12H2,1-4H3. The van der Waals surface area contributed by atoms with Gasteiger partial charge in [-0.1, -0.05) is 27.2 Å². The molecule has 0 atom stereocenters. The van der Waals surface area contributed by atoms with Gasteiger partial charge >= 0.3 is 0 Å². The molecule has 2 nitrogen and oxygen atoms in total. The first kappa shape index (κ1) is 16.0. The predicted octanol–water partition coefficient (Wildman–Crippen LogP) is 4.18. The molecular formula is C17H30N2S. The molecule has 0 spiro atoms. The number of nitrogens with zero attached hydrogens (tertiary/aromatic N) is 1. The van der Waals surface area contributed by atoms with Gasteiger partial charge in [0, 0.05) is 28.9 Å². The van der Waals surface area contributed by atoms with E-state index in [9.17, 15) is 0 Å². The molecule has 114 valence electrons. The minimum absolute atomic E-state index is 0.564. The Kier molecular flexibility index (Phi) is 6.06. The topological polar surface area (TPSA) is 15.3 Å². The van der Waals surface area contributed by atoms with E-state index in [0.29, 0.717) is 6.04 Å². The lowest BCUT2D eigenvalue weighted by Gasteiger charge is -2.31. The zero-order valence-electron chi connectivity index (χ0n) is 13.5. The van der Waals surface area contributed by atoms with E-state index in [1.165, 1.54) is 42.1 Å². The van der Waals surface area contributed by atoms with E-state index in [1.54, 1.807) is 5.56 Å². The minimum atomic E-state index is 0.564. The molecule has 2 rings (SSSR count). The largest absolute Gasteiger partial charge is 0.310 e. The first-order chi connectivity index (χ1) is 9.58. The summed E-state index contributed by atoms with van der Waals surface area (Å²) < 4.78 is 0. The highest BCUT2D eigenvalue weighted by molar-refractivity contribution is 7.12. The van der Waals surface area contributed by atoms with Gasteiger partial charge in [0.15, 0.2) is 0 Å². The highest BCUT2D eigenvalue weighted by Crippen LogP contribution is 2.26. The average Bonchev–Trinajstić information content (AvgIpc) is 2.78. The number of thiophene rings is 1. The second-order valence-corrected chi connectivity index (χ2v) is 7.80. The Hall–Kier alpha value is -0.380.